The number of hydrogen-bond donors (Lipinski definition) is 2. The Kier molecular flexibility index (Phi) is 5.41. The average molecular weight is 241 g/mol. The van der Waals surface area contributed by atoms with Crippen LogP contribution in [-0.4, -0.2) is 42.4 Å². The molecule has 0 bridgehead atoms. The highest BCUT2D eigenvalue weighted by Crippen LogP contribution is 2.17. The van der Waals surface area contributed by atoms with Crippen molar-refractivity contribution < 1.29 is 9.59 Å². The summed E-state index contributed by atoms with van der Waals surface area (Å²) in [5.74, 6) is -0.353. The van der Waals surface area contributed by atoms with E-state index in [9.17, 15) is 9.59 Å². The van der Waals surface area contributed by atoms with E-state index in [1.807, 2.05) is 13.8 Å². The van der Waals surface area contributed by atoms with Gasteiger partial charge in [0.25, 0.3) is 0 Å². The summed E-state index contributed by atoms with van der Waals surface area (Å²) in [6, 6.07) is 0.121. The SMILES string of the molecule is CCC(CC)C(=O)N(CC(N)=O)C1CCNC1. The third-order valence-electron chi connectivity index (χ3n) is 3.42. The molecule has 1 fully saturated rings. The Bertz CT molecular complexity index is 271. The highest BCUT2D eigenvalue weighted by atomic mass is 16.2. The van der Waals surface area contributed by atoms with Gasteiger partial charge in [-0.05, 0) is 25.8 Å². The maximum absolute atomic E-state index is 12.3. The summed E-state index contributed by atoms with van der Waals surface area (Å²) in [5.41, 5.74) is 5.23. The summed E-state index contributed by atoms with van der Waals surface area (Å²) < 4.78 is 0. The van der Waals surface area contributed by atoms with Crippen LogP contribution in [0, 0.1) is 5.92 Å². The van der Waals surface area contributed by atoms with E-state index >= 15 is 0 Å². The van der Waals surface area contributed by atoms with Crippen molar-refractivity contribution in [2.75, 3.05) is 19.6 Å². The standard InChI is InChI=1S/C12H23N3O2/c1-3-9(4-2)12(17)15(8-11(13)16)10-5-6-14-7-10/h9-10,14H,3-8H2,1-2H3,(H2,13,16). The molecule has 1 atom stereocenters. The quantitative estimate of drug-likeness (QED) is 0.692. The molecule has 0 aromatic rings. The number of carbonyl (C=O) groups excluding carboxylic acids is 2. The van der Waals surface area contributed by atoms with Crippen molar-refractivity contribution >= 4 is 11.8 Å². The maximum atomic E-state index is 12.3. The van der Waals surface area contributed by atoms with Gasteiger partial charge in [0.1, 0.15) is 0 Å². The molecule has 0 aromatic carbocycles. The third kappa shape index (κ3) is 3.70. The van der Waals surface area contributed by atoms with E-state index in [1.165, 1.54) is 0 Å². The molecule has 1 aliphatic rings. The van der Waals surface area contributed by atoms with E-state index in [1.54, 1.807) is 4.90 Å². The van der Waals surface area contributed by atoms with Crippen molar-refractivity contribution in [3.63, 3.8) is 0 Å². The Morgan fingerprint density at radius 1 is 1.41 bits per heavy atom. The number of nitrogens with two attached hydrogens (primary N) is 1. The molecular weight excluding hydrogens is 218 g/mol. The Labute approximate surface area is 103 Å². The van der Waals surface area contributed by atoms with E-state index in [0.717, 1.165) is 32.4 Å². The molecule has 17 heavy (non-hydrogen) atoms. The Hall–Kier alpha value is -1.10. The van der Waals surface area contributed by atoms with Crippen LogP contribution < -0.4 is 11.1 Å². The summed E-state index contributed by atoms with van der Waals surface area (Å²) in [6.45, 7) is 5.71. The van der Waals surface area contributed by atoms with Crippen LogP contribution in [0.4, 0.5) is 0 Å². The summed E-state index contributed by atoms with van der Waals surface area (Å²) in [4.78, 5) is 25.1. The van der Waals surface area contributed by atoms with Crippen molar-refractivity contribution in [2.24, 2.45) is 11.7 Å². The molecule has 0 radical (unpaired) electrons. The zero-order valence-corrected chi connectivity index (χ0v) is 10.7. The van der Waals surface area contributed by atoms with Crippen molar-refractivity contribution in [3.05, 3.63) is 0 Å². The average Bonchev–Trinajstić information content (AvgIpc) is 2.80. The fraction of sp³-hybridized carbons (Fsp3) is 0.833. The maximum Gasteiger partial charge on any atom is 0.237 e. The van der Waals surface area contributed by atoms with Gasteiger partial charge >= 0.3 is 0 Å². The predicted octanol–water partition coefficient (Wildman–Crippen LogP) is 0.0984. The molecule has 1 aliphatic heterocycles. The zero-order valence-electron chi connectivity index (χ0n) is 10.7. The number of rotatable bonds is 6. The normalized spacial score (nSPS) is 19.6. The molecule has 1 heterocycles. The molecule has 1 unspecified atom stereocenters. The van der Waals surface area contributed by atoms with Crippen molar-refractivity contribution in [1.29, 1.82) is 0 Å². The van der Waals surface area contributed by atoms with E-state index in [-0.39, 0.29) is 24.4 Å². The minimum absolute atomic E-state index is 0.00921. The van der Waals surface area contributed by atoms with Gasteiger partial charge in [0.15, 0.2) is 0 Å². The topological polar surface area (TPSA) is 75.4 Å². The summed E-state index contributed by atoms with van der Waals surface area (Å²) in [5, 5.41) is 3.21. The van der Waals surface area contributed by atoms with Gasteiger partial charge in [-0.2, -0.15) is 0 Å². The van der Waals surface area contributed by atoms with Crippen LogP contribution in [0.1, 0.15) is 33.1 Å². The van der Waals surface area contributed by atoms with E-state index in [4.69, 9.17) is 5.73 Å². The molecule has 2 amide bonds. The Morgan fingerprint density at radius 3 is 2.47 bits per heavy atom. The molecule has 0 spiro atoms. The van der Waals surface area contributed by atoms with Gasteiger partial charge in [0.05, 0.1) is 6.54 Å². The second-order valence-corrected chi connectivity index (χ2v) is 4.59. The van der Waals surface area contributed by atoms with Gasteiger partial charge in [-0.1, -0.05) is 13.8 Å². The lowest BCUT2D eigenvalue weighted by atomic mass is 10.0. The Morgan fingerprint density at radius 2 is 2.06 bits per heavy atom. The third-order valence-corrected chi connectivity index (χ3v) is 3.42. The van der Waals surface area contributed by atoms with Crippen LogP contribution in [0.25, 0.3) is 0 Å². The number of hydrogen-bond acceptors (Lipinski definition) is 3. The van der Waals surface area contributed by atoms with Gasteiger partial charge in [0, 0.05) is 18.5 Å². The van der Waals surface area contributed by atoms with E-state index in [2.05, 4.69) is 5.32 Å². The van der Waals surface area contributed by atoms with Crippen LogP contribution in [0.5, 0.6) is 0 Å². The van der Waals surface area contributed by atoms with Crippen molar-refractivity contribution in [3.8, 4) is 0 Å². The molecule has 5 heteroatoms. The van der Waals surface area contributed by atoms with Crippen LogP contribution in [0.2, 0.25) is 0 Å². The minimum atomic E-state index is -0.434. The molecule has 3 N–H and O–H groups in total. The van der Waals surface area contributed by atoms with Crippen LogP contribution in [0.3, 0.4) is 0 Å². The molecule has 5 nitrogen and oxygen atoms in total. The fourth-order valence-corrected chi connectivity index (χ4v) is 2.33. The summed E-state index contributed by atoms with van der Waals surface area (Å²) in [6.07, 6.45) is 2.52. The molecule has 0 aliphatic carbocycles. The van der Waals surface area contributed by atoms with Crippen LogP contribution in [0.15, 0.2) is 0 Å². The second kappa shape index (κ2) is 6.59. The van der Waals surface area contributed by atoms with Crippen LogP contribution in [-0.2, 0) is 9.59 Å². The number of amides is 2. The lowest BCUT2D eigenvalue weighted by Crippen LogP contribution is -2.48. The zero-order chi connectivity index (χ0) is 12.8. The largest absolute Gasteiger partial charge is 0.368 e. The molecule has 98 valence electrons. The number of nitrogens with one attached hydrogen (secondary N) is 1. The van der Waals surface area contributed by atoms with E-state index in [0.29, 0.717) is 0 Å². The van der Waals surface area contributed by atoms with Crippen molar-refractivity contribution in [1.82, 2.24) is 10.2 Å². The second-order valence-electron chi connectivity index (χ2n) is 4.59. The van der Waals surface area contributed by atoms with Crippen LogP contribution >= 0.6 is 0 Å². The van der Waals surface area contributed by atoms with E-state index < -0.39 is 5.91 Å². The summed E-state index contributed by atoms with van der Waals surface area (Å²) >= 11 is 0. The molecule has 0 saturated carbocycles. The van der Waals surface area contributed by atoms with Gasteiger partial charge < -0.3 is 16.0 Å². The fourth-order valence-electron chi connectivity index (χ4n) is 2.33. The van der Waals surface area contributed by atoms with Gasteiger partial charge in [-0.3, -0.25) is 9.59 Å². The van der Waals surface area contributed by atoms with Gasteiger partial charge in [0.2, 0.25) is 11.8 Å². The van der Waals surface area contributed by atoms with Crippen molar-refractivity contribution in [2.45, 2.75) is 39.2 Å². The number of primary amides is 1. The lowest BCUT2D eigenvalue weighted by molar-refractivity contribution is -0.141. The highest BCUT2D eigenvalue weighted by molar-refractivity contribution is 5.85. The Balaban J connectivity index is 2.73. The smallest absolute Gasteiger partial charge is 0.237 e. The first-order valence-corrected chi connectivity index (χ1v) is 6.39. The van der Waals surface area contributed by atoms with Gasteiger partial charge in [-0.25, -0.2) is 0 Å². The first-order valence-electron chi connectivity index (χ1n) is 6.39. The first-order chi connectivity index (χ1) is 8.10. The highest BCUT2D eigenvalue weighted by Gasteiger charge is 2.30. The monoisotopic (exact) mass is 241 g/mol. The first kappa shape index (κ1) is 14.0. The molecular formula is C12H23N3O2. The predicted molar refractivity (Wildman–Crippen MR) is 66.3 cm³/mol. The lowest BCUT2D eigenvalue weighted by Gasteiger charge is -2.30. The minimum Gasteiger partial charge on any atom is -0.368 e. The number of carbonyl (C=O) groups is 2. The number of nitrogens with zero attached hydrogens (tertiary/aromatic N) is 1. The summed E-state index contributed by atoms with van der Waals surface area (Å²) in [7, 11) is 0. The molecule has 1 saturated heterocycles. The van der Waals surface area contributed by atoms with Gasteiger partial charge in [-0.15, -0.1) is 0 Å². The molecule has 1 rings (SSSR count). The molecule has 0 aromatic heterocycles.